The number of benzene rings is 2. The molecule has 0 aliphatic carbocycles. The van der Waals surface area contributed by atoms with Crippen LogP contribution in [-0.4, -0.2) is 51.4 Å². The zero-order valence-corrected chi connectivity index (χ0v) is 19.2. The Bertz CT molecular complexity index is 1510. The van der Waals surface area contributed by atoms with Gasteiger partial charge in [-0.15, -0.1) is 4.40 Å². The fourth-order valence-corrected chi connectivity index (χ4v) is 7.15. The van der Waals surface area contributed by atoms with Crippen molar-refractivity contribution in [3.05, 3.63) is 42.0 Å². The number of nitrogens with zero attached hydrogens (tertiary/aromatic N) is 3. The van der Waals surface area contributed by atoms with Crippen molar-refractivity contribution >= 4 is 75.1 Å². The zero-order valence-electron chi connectivity index (χ0n) is 15.9. The van der Waals surface area contributed by atoms with Crippen LogP contribution in [0.2, 0.25) is 0 Å². The number of amidine groups is 1. The minimum absolute atomic E-state index is 0.0443. The van der Waals surface area contributed by atoms with Crippen LogP contribution >= 0.6 is 23.1 Å². The second kappa shape index (κ2) is 7.02. The Kier molecular flexibility index (Phi) is 4.62. The van der Waals surface area contributed by atoms with Crippen LogP contribution in [0.3, 0.4) is 0 Å². The summed E-state index contributed by atoms with van der Waals surface area (Å²) in [5.74, 6) is -0.414. The summed E-state index contributed by atoms with van der Waals surface area (Å²) < 4.78 is 51.4. The Morgan fingerprint density at radius 2 is 2.00 bits per heavy atom. The van der Waals surface area contributed by atoms with E-state index in [9.17, 15) is 21.6 Å². The molecule has 13 heteroatoms. The molecule has 2 aliphatic rings. The average Bonchev–Trinajstić information content (AvgIpc) is 3.24. The molecule has 0 radical (unpaired) electrons. The van der Waals surface area contributed by atoms with E-state index in [1.807, 2.05) is 4.90 Å². The van der Waals surface area contributed by atoms with Gasteiger partial charge in [0.1, 0.15) is 0 Å². The SMILES string of the molecule is CS(=O)(=O)c1ccc2nc(NC(=O)c3ccc4c(c3)SC3=NS(=O)(=O)CCN34)sc2c1. The van der Waals surface area contributed by atoms with Gasteiger partial charge in [0.2, 0.25) is 0 Å². The number of amides is 1. The molecule has 2 aromatic carbocycles. The number of sulfonamides is 1. The number of anilines is 2. The van der Waals surface area contributed by atoms with Gasteiger partial charge >= 0.3 is 0 Å². The summed E-state index contributed by atoms with van der Waals surface area (Å²) in [4.78, 5) is 19.9. The van der Waals surface area contributed by atoms with Crippen LogP contribution in [0.5, 0.6) is 0 Å². The van der Waals surface area contributed by atoms with E-state index < -0.39 is 19.9 Å². The highest BCUT2D eigenvalue weighted by atomic mass is 32.2. The number of thiazole rings is 1. The van der Waals surface area contributed by atoms with Crippen LogP contribution in [0.4, 0.5) is 10.8 Å². The van der Waals surface area contributed by atoms with Gasteiger partial charge in [-0.2, -0.15) is 0 Å². The molecule has 0 saturated carbocycles. The molecule has 1 N–H and O–H groups in total. The highest BCUT2D eigenvalue weighted by molar-refractivity contribution is 8.15. The number of nitrogens with one attached hydrogen (secondary N) is 1. The number of carbonyl (C=O) groups excluding carboxylic acids is 1. The molecule has 3 heterocycles. The smallest absolute Gasteiger partial charge is 0.257 e. The Morgan fingerprint density at radius 1 is 1.19 bits per heavy atom. The number of carbonyl (C=O) groups is 1. The summed E-state index contributed by atoms with van der Waals surface area (Å²) in [7, 11) is -6.78. The van der Waals surface area contributed by atoms with Crippen molar-refractivity contribution in [2.75, 3.05) is 28.8 Å². The monoisotopic (exact) mass is 494 g/mol. The van der Waals surface area contributed by atoms with E-state index in [0.717, 1.165) is 16.8 Å². The Morgan fingerprint density at radius 3 is 2.77 bits per heavy atom. The third-order valence-electron chi connectivity index (χ3n) is 4.74. The molecule has 2 aliphatic heterocycles. The molecule has 3 aromatic rings. The molecule has 0 unspecified atom stereocenters. The molecule has 1 aromatic heterocycles. The van der Waals surface area contributed by atoms with Gasteiger partial charge in [-0.25, -0.2) is 21.8 Å². The first-order valence-corrected chi connectivity index (χ1v) is 14.1. The van der Waals surface area contributed by atoms with Crippen molar-refractivity contribution in [2.24, 2.45) is 4.40 Å². The molecule has 5 rings (SSSR count). The van der Waals surface area contributed by atoms with Crippen molar-refractivity contribution < 1.29 is 21.6 Å². The molecule has 0 atom stereocenters. The fourth-order valence-electron chi connectivity index (χ4n) is 3.23. The quantitative estimate of drug-likeness (QED) is 0.589. The van der Waals surface area contributed by atoms with Crippen LogP contribution in [0.25, 0.3) is 10.2 Å². The lowest BCUT2D eigenvalue weighted by Gasteiger charge is -2.22. The first kappa shape index (κ1) is 20.4. The minimum atomic E-state index is -3.45. The van der Waals surface area contributed by atoms with Gasteiger partial charge in [-0.1, -0.05) is 11.3 Å². The summed E-state index contributed by atoms with van der Waals surface area (Å²) in [6.07, 6.45) is 1.14. The minimum Gasteiger partial charge on any atom is -0.318 e. The van der Waals surface area contributed by atoms with E-state index in [-0.39, 0.29) is 16.6 Å². The van der Waals surface area contributed by atoms with Crippen molar-refractivity contribution in [1.82, 2.24) is 4.98 Å². The topological polar surface area (TPSA) is 126 Å². The Hall–Kier alpha value is -2.48. The maximum atomic E-state index is 12.7. The lowest BCUT2D eigenvalue weighted by molar-refractivity contribution is 0.102. The standard InChI is InChI=1S/C18H14N4O5S4/c1-30(24,25)11-3-4-12-14(9-11)28-17(19-12)20-16(23)10-2-5-13-15(8-10)29-18-21-31(26,27)7-6-22(13)18/h2-5,8-9H,6-7H2,1H3,(H,19,20,23). The normalized spacial score (nSPS) is 17.2. The van der Waals surface area contributed by atoms with Crippen molar-refractivity contribution in [3.8, 4) is 0 Å². The molecule has 160 valence electrons. The van der Waals surface area contributed by atoms with Crippen LogP contribution in [0.15, 0.2) is 50.6 Å². The molecule has 31 heavy (non-hydrogen) atoms. The van der Waals surface area contributed by atoms with Gasteiger partial charge in [-0.3, -0.25) is 10.1 Å². The highest BCUT2D eigenvalue weighted by Gasteiger charge is 2.33. The summed E-state index contributed by atoms with van der Waals surface area (Å²) in [6.45, 7) is 0.327. The number of sulfone groups is 1. The Balaban J connectivity index is 1.40. The summed E-state index contributed by atoms with van der Waals surface area (Å²) in [5.41, 5.74) is 1.81. The number of fused-ring (bicyclic) bond motifs is 4. The third-order valence-corrected chi connectivity index (χ3v) is 9.09. The van der Waals surface area contributed by atoms with Gasteiger partial charge in [0.05, 0.1) is 26.6 Å². The van der Waals surface area contributed by atoms with E-state index in [2.05, 4.69) is 14.7 Å². The Labute approximate surface area is 186 Å². The maximum absolute atomic E-state index is 12.7. The lowest BCUT2D eigenvalue weighted by Crippen LogP contribution is -2.35. The first-order valence-electron chi connectivity index (χ1n) is 8.93. The predicted octanol–water partition coefficient (Wildman–Crippen LogP) is 2.56. The molecule has 0 spiro atoms. The summed E-state index contributed by atoms with van der Waals surface area (Å²) in [6, 6.07) is 9.75. The first-order chi connectivity index (χ1) is 14.6. The largest absolute Gasteiger partial charge is 0.318 e. The molecular weight excluding hydrogens is 480 g/mol. The molecule has 0 bridgehead atoms. The van der Waals surface area contributed by atoms with Gasteiger partial charge < -0.3 is 4.90 Å². The lowest BCUT2D eigenvalue weighted by atomic mass is 10.2. The maximum Gasteiger partial charge on any atom is 0.257 e. The molecule has 0 saturated heterocycles. The second-order valence-electron chi connectivity index (χ2n) is 6.97. The van der Waals surface area contributed by atoms with Crippen molar-refractivity contribution in [1.29, 1.82) is 0 Å². The number of hydrogen-bond donors (Lipinski definition) is 1. The van der Waals surface area contributed by atoms with Crippen LogP contribution in [-0.2, 0) is 19.9 Å². The summed E-state index contributed by atoms with van der Waals surface area (Å²) in [5, 5.41) is 3.49. The second-order valence-corrected chi connectivity index (χ2v) is 12.8. The van der Waals surface area contributed by atoms with Crippen LogP contribution < -0.4 is 10.2 Å². The number of hydrogen-bond acceptors (Lipinski definition) is 9. The van der Waals surface area contributed by atoms with E-state index in [0.29, 0.717) is 32.6 Å². The highest BCUT2D eigenvalue weighted by Crippen LogP contribution is 2.42. The molecule has 9 nitrogen and oxygen atoms in total. The third kappa shape index (κ3) is 3.82. The van der Waals surface area contributed by atoms with Gasteiger partial charge in [0.15, 0.2) is 20.1 Å². The van der Waals surface area contributed by atoms with Gasteiger partial charge in [0.25, 0.3) is 15.9 Å². The average molecular weight is 495 g/mol. The fraction of sp³-hybridized carbons (Fsp3) is 0.167. The summed E-state index contributed by atoms with van der Waals surface area (Å²) >= 11 is 2.40. The molecule has 1 amide bonds. The molecular formula is C18H14N4O5S4. The van der Waals surface area contributed by atoms with E-state index in [1.165, 1.54) is 35.2 Å². The number of rotatable bonds is 3. The van der Waals surface area contributed by atoms with Gasteiger partial charge in [0, 0.05) is 23.3 Å². The van der Waals surface area contributed by atoms with Crippen LogP contribution in [0.1, 0.15) is 10.4 Å². The van der Waals surface area contributed by atoms with E-state index in [1.54, 1.807) is 24.3 Å². The van der Waals surface area contributed by atoms with E-state index >= 15 is 0 Å². The van der Waals surface area contributed by atoms with Crippen LogP contribution in [0, 0.1) is 0 Å². The predicted molar refractivity (Wildman–Crippen MR) is 122 cm³/mol. The van der Waals surface area contributed by atoms with Crippen molar-refractivity contribution in [2.45, 2.75) is 9.79 Å². The number of thioether (sulfide) groups is 1. The van der Waals surface area contributed by atoms with Crippen molar-refractivity contribution in [3.63, 3.8) is 0 Å². The van der Waals surface area contributed by atoms with Gasteiger partial charge in [-0.05, 0) is 48.2 Å². The zero-order chi connectivity index (χ0) is 22.0. The van der Waals surface area contributed by atoms with E-state index in [4.69, 9.17) is 0 Å². The number of aromatic nitrogens is 1. The molecule has 0 fully saturated rings.